The SMILES string of the molecule is CCNC(=O)NNC(=O)C(C#N)=NOC. The van der Waals surface area contributed by atoms with Crippen molar-refractivity contribution in [2.24, 2.45) is 5.16 Å². The second kappa shape index (κ2) is 7.14. The number of carbonyl (C=O) groups excluding carboxylic acids is 2. The van der Waals surface area contributed by atoms with E-state index in [0.29, 0.717) is 6.54 Å². The van der Waals surface area contributed by atoms with Crippen molar-refractivity contribution in [3.8, 4) is 6.07 Å². The van der Waals surface area contributed by atoms with Gasteiger partial charge in [0.25, 0.3) is 0 Å². The summed E-state index contributed by atoms with van der Waals surface area (Å²) in [6.07, 6.45) is 0. The Morgan fingerprint density at radius 3 is 2.60 bits per heavy atom. The molecule has 8 heteroatoms. The molecule has 0 saturated heterocycles. The molecule has 8 nitrogen and oxygen atoms in total. The van der Waals surface area contributed by atoms with Crippen LogP contribution in [0.25, 0.3) is 0 Å². The smallest absolute Gasteiger partial charge is 0.333 e. The fourth-order valence-corrected chi connectivity index (χ4v) is 0.581. The van der Waals surface area contributed by atoms with E-state index in [9.17, 15) is 9.59 Å². The van der Waals surface area contributed by atoms with Gasteiger partial charge in [-0.25, -0.2) is 10.2 Å². The Kier molecular flexibility index (Phi) is 6.04. The van der Waals surface area contributed by atoms with Gasteiger partial charge in [0, 0.05) is 6.54 Å². The summed E-state index contributed by atoms with van der Waals surface area (Å²) in [4.78, 5) is 26.2. The van der Waals surface area contributed by atoms with Crippen molar-refractivity contribution in [3.63, 3.8) is 0 Å². The summed E-state index contributed by atoms with van der Waals surface area (Å²) >= 11 is 0. The van der Waals surface area contributed by atoms with Crippen LogP contribution in [-0.4, -0.2) is 31.3 Å². The van der Waals surface area contributed by atoms with E-state index in [2.05, 4.69) is 15.3 Å². The second-order valence-electron chi connectivity index (χ2n) is 2.17. The summed E-state index contributed by atoms with van der Waals surface area (Å²) in [7, 11) is 1.20. The molecule has 0 aliphatic heterocycles. The fraction of sp³-hybridized carbons (Fsp3) is 0.429. The van der Waals surface area contributed by atoms with Gasteiger partial charge in [0.1, 0.15) is 13.2 Å². The van der Waals surface area contributed by atoms with Gasteiger partial charge in [-0.2, -0.15) is 5.26 Å². The normalized spacial score (nSPS) is 9.80. The first-order chi connectivity index (χ1) is 7.15. The van der Waals surface area contributed by atoms with E-state index < -0.39 is 17.6 Å². The number of hydrazine groups is 1. The average Bonchev–Trinajstić information content (AvgIpc) is 2.23. The third-order valence-electron chi connectivity index (χ3n) is 1.13. The summed E-state index contributed by atoms with van der Waals surface area (Å²) in [5.41, 5.74) is 3.50. The largest absolute Gasteiger partial charge is 0.398 e. The Balaban J connectivity index is 4.09. The van der Waals surface area contributed by atoms with Crippen molar-refractivity contribution in [1.29, 1.82) is 5.26 Å². The zero-order chi connectivity index (χ0) is 11.7. The lowest BCUT2D eigenvalue weighted by molar-refractivity contribution is -0.115. The molecule has 0 atom stereocenters. The molecule has 0 radical (unpaired) electrons. The molecule has 0 spiro atoms. The third kappa shape index (κ3) is 5.09. The molecule has 0 aromatic carbocycles. The van der Waals surface area contributed by atoms with E-state index >= 15 is 0 Å². The molecule has 3 N–H and O–H groups in total. The molecule has 82 valence electrons. The van der Waals surface area contributed by atoms with E-state index in [-0.39, 0.29) is 0 Å². The third-order valence-corrected chi connectivity index (χ3v) is 1.13. The zero-order valence-electron chi connectivity index (χ0n) is 8.33. The van der Waals surface area contributed by atoms with Gasteiger partial charge in [0.2, 0.25) is 5.71 Å². The molecule has 0 rings (SSSR count). The van der Waals surface area contributed by atoms with Crippen LogP contribution in [0, 0.1) is 11.3 Å². The highest BCUT2D eigenvalue weighted by molar-refractivity contribution is 6.45. The number of oxime groups is 1. The van der Waals surface area contributed by atoms with E-state index in [1.807, 2.05) is 10.9 Å². The summed E-state index contributed by atoms with van der Waals surface area (Å²) in [5.74, 6) is -0.856. The molecule has 0 unspecified atom stereocenters. The van der Waals surface area contributed by atoms with Crippen molar-refractivity contribution in [1.82, 2.24) is 16.2 Å². The highest BCUT2D eigenvalue weighted by Crippen LogP contribution is 1.77. The molecule has 0 saturated carbocycles. The number of nitrogens with zero attached hydrogens (tertiary/aromatic N) is 2. The Hall–Kier alpha value is -2.30. The van der Waals surface area contributed by atoms with Crippen molar-refractivity contribution in [2.45, 2.75) is 6.92 Å². The maximum absolute atomic E-state index is 11.1. The minimum atomic E-state index is -0.856. The number of urea groups is 1. The Bertz CT molecular complexity index is 306. The minimum absolute atomic E-state index is 0.416. The first-order valence-electron chi connectivity index (χ1n) is 4.01. The van der Waals surface area contributed by atoms with Crippen molar-refractivity contribution >= 4 is 17.6 Å². The lowest BCUT2D eigenvalue weighted by Gasteiger charge is -2.05. The highest BCUT2D eigenvalue weighted by atomic mass is 16.6. The summed E-state index contributed by atoms with van der Waals surface area (Å²) in [6, 6.07) is 0.917. The molecular formula is C7H11N5O3. The summed E-state index contributed by atoms with van der Waals surface area (Å²) in [5, 5.41) is 14.0. The quantitative estimate of drug-likeness (QED) is 0.406. The molecule has 0 aliphatic rings. The van der Waals surface area contributed by atoms with E-state index in [1.165, 1.54) is 13.2 Å². The first-order valence-corrected chi connectivity index (χ1v) is 4.01. The second-order valence-corrected chi connectivity index (χ2v) is 2.17. The fourth-order valence-electron chi connectivity index (χ4n) is 0.581. The Labute approximate surface area is 86.2 Å². The lowest BCUT2D eigenvalue weighted by atomic mass is 10.4. The number of rotatable bonds is 3. The number of amides is 3. The van der Waals surface area contributed by atoms with Gasteiger partial charge < -0.3 is 10.2 Å². The van der Waals surface area contributed by atoms with E-state index in [0.717, 1.165) is 0 Å². The van der Waals surface area contributed by atoms with Gasteiger partial charge >= 0.3 is 11.9 Å². The van der Waals surface area contributed by atoms with Crippen LogP contribution in [0.15, 0.2) is 5.16 Å². The van der Waals surface area contributed by atoms with Gasteiger partial charge in [0.05, 0.1) is 0 Å². The predicted octanol–water partition coefficient (Wildman–Crippen LogP) is -1.14. The number of hydrogen-bond donors (Lipinski definition) is 3. The zero-order valence-corrected chi connectivity index (χ0v) is 8.33. The van der Waals surface area contributed by atoms with Crippen LogP contribution >= 0.6 is 0 Å². The minimum Gasteiger partial charge on any atom is -0.398 e. The summed E-state index contributed by atoms with van der Waals surface area (Å²) < 4.78 is 0. The molecule has 0 bridgehead atoms. The van der Waals surface area contributed by atoms with Crippen LogP contribution < -0.4 is 16.2 Å². The van der Waals surface area contributed by atoms with Crippen LogP contribution in [0.1, 0.15) is 6.92 Å². The van der Waals surface area contributed by atoms with Crippen molar-refractivity contribution in [3.05, 3.63) is 0 Å². The topological polar surface area (TPSA) is 116 Å². The Morgan fingerprint density at radius 1 is 1.47 bits per heavy atom. The lowest BCUT2D eigenvalue weighted by Crippen LogP contribution is -2.48. The first kappa shape index (κ1) is 12.7. The Morgan fingerprint density at radius 2 is 2.13 bits per heavy atom. The molecule has 15 heavy (non-hydrogen) atoms. The monoisotopic (exact) mass is 213 g/mol. The van der Waals surface area contributed by atoms with Crippen LogP contribution in [0.2, 0.25) is 0 Å². The van der Waals surface area contributed by atoms with Crippen molar-refractivity contribution < 1.29 is 14.4 Å². The molecule has 0 aromatic rings. The van der Waals surface area contributed by atoms with Gasteiger partial charge in [-0.3, -0.25) is 10.2 Å². The molecular weight excluding hydrogens is 202 g/mol. The predicted molar refractivity (Wildman–Crippen MR) is 50.4 cm³/mol. The maximum atomic E-state index is 11.1. The molecule has 0 heterocycles. The van der Waals surface area contributed by atoms with Crippen LogP contribution in [-0.2, 0) is 9.63 Å². The van der Waals surface area contributed by atoms with Crippen LogP contribution in [0.5, 0.6) is 0 Å². The number of nitriles is 1. The number of nitrogens with one attached hydrogen (secondary N) is 3. The number of carbonyl (C=O) groups is 2. The highest BCUT2D eigenvalue weighted by Gasteiger charge is 2.11. The number of hydrogen-bond acceptors (Lipinski definition) is 5. The van der Waals surface area contributed by atoms with Crippen molar-refractivity contribution in [2.75, 3.05) is 13.7 Å². The van der Waals surface area contributed by atoms with Gasteiger partial charge in [-0.05, 0) is 6.92 Å². The van der Waals surface area contributed by atoms with E-state index in [1.54, 1.807) is 6.92 Å². The standard InChI is InChI=1S/C7H11N5O3/c1-3-9-7(14)11-10-6(13)5(4-8)12-15-2/h3H2,1-2H3,(H,10,13)(H2,9,11,14). The van der Waals surface area contributed by atoms with Gasteiger partial charge in [-0.15, -0.1) is 0 Å². The molecule has 0 aromatic heterocycles. The van der Waals surface area contributed by atoms with E-state index in [4.69, 9.17) is 5.26 Å². The molecule has 0 aliphatic carbocycles. The van der Waals surface area contributed by atoms with Crippen LogP contribution in [0.4, 0.5) is 4.79 Å². The summed E-state index contributed by atoms with van der Waals surface area (Å²) in [6.45, 7) is 2.13. The van der Waals surface area contributed by atoms with Gasteiger partial charge in [-0.1, -0.05) is 5.16 Å². The molecule has 3 amide bonds. The molecule has 0 fully saturated rings. The maximum Gasteiger partial charge on any atom is 0.333 e. The van der Waals surface area contributed by atoms with Gasteiger partial charge in [0.15, 0.2) is 0 Å². The average molecular weight is 213 g/mol. The van der Waals surface area contributed by atoms with Crippen LogP contribution in [0.3, 0.4) is 0 Å².